The molecule has 0 bridgehead atoms. The molecule has 1 saturated heterocycles. The topological polar surface area (TPSA) is 62.5 Å². The molecule has 1 fully saturated rings. The van der Waals surface area contributed by atoms with Crippen molar-refractivity contribution >= 4 is 17.2 Å². The zero-order valence-electron chi connectivity index (χ0n) is 14.1. The number of rotatable bonds is 3. The lowest BCUT2D eigenvalue weighted by Gasteiger charge is -2.24. The van der Waals surface area contributed by atoms with E-state index in [4.69, 9.17) is 0 Å². The standard InChI is InChI=1S/C17H16F4N4O2/c18-13-3-4-14(25(26)27)15(10-13)23-6-1-7-24(9-8-23)16-5-2-12(11-22-16)17(19,20)21/h2-5,10-11H,1,6-9H2. The van der Waals surface area contributed by atoms with Gasteiger partial charge in [0.2, 0.25) is 0 Å². The van der Waals surface area contributed by atoms with Crippen LogP contribution in [0.1, 0.15) is 12.0 Å². The molecule has 1 aliphatic heterocycles. The second kappa shape index (κ2) is 7.37. The van der Waals surface area contributed by atoms with Gasteiger partial charge in [-0.05, 0) is 24.6 Å². The quantitative estimate of drug-likeness (QED) is 0.457. The van der Waals surface area contributed by atoms with Crippen LogP contribution in [0.25, 0.3) is 0 Å². The molecule has 10 heteroatoms. The highest BCUT2D eigenvalue weighted by molar-refractivity contribution is 5.63. The summed E-state index contributed by atoms with van der Waals surface area (Å²) >= 11 is 0. The maximum absolute atomic E-state index is 13.6. The first kappa shape index (κ1) is 18.9. The van der Waals surface area contributed by atoms with Gasteiger partial charge in [-0.25, -0.2) is 9.37 Å². The normalized spacial score (nSPS) is 15.6. The van der Waals surface area contributed by atoms with Crippen molar-refractivity contribution in [2.24, 2.45) is 0 Å². The van der Waals surface area contributed by atoms with Crippen LogP contribution in [0.3, 0.4) is 0 Å². The summed E-state index contributed by atoms with van der Waals surface area (Å²) < 4.78 is 51.5. The van der Waals surface area contributed by atoms with E-state index in [1.165, 1.54) is 6.07 Å². The average molecular weight is 384 g/mol. The fourth-order valence-electron chi connectivity index (χ4n) is 3.03. The van der Waals surface area contributed by atoms with E-state index >= 15 is 0 Å². The maximum Gasteiger partial charge on any atom is 0.417 e. The second-order valence-corrected chi connectivity index (χ2v) is 6.12. The van der Waals surface area contributed by atoms with Crippen LogP contribution in [0, 0.1) is 15.9 Å². The van der Waals surface area contributed by atoms with E-state index in [1.807, 2.05) is 4.90 Å². The predicted octanol–water partition coefficient (Wildman–Crippen LogP) is 3.86. The Morgan fingerprint density at radius 1 is 1.04 bits per heavy atom. The second-order valence-electron chi connectivity index (χ2n) is 6.12. The molecule has 0 unspecified atom stereocenters. The molecule has 0 spiro atoms. The van der Waals surface area contributed by atoms with Gasteiger partial charge in [0.25, 0.3) is 5.69 Å². The molecule has 0 amide bonds. The summed E-state index contributed by atoms with van der Waals surface area (Å²) in [5.41, 5.74) is -0.808. The largest absolute Gasteiger partial charge is 0.417 e. The van der Waals surface area contributed by atoms with Gasteiger partial charge in [0.05, 0.1) is 10.5 Å². The summed E-state index contributed by atoms with van der Waals surface area (Å²) in [5.74, 6) is -0.167. The van der Waals surface area contributed by atoms with Crippen LogP contribution < -0.4 is 9.80 Å². The van der Waals surface area contributed by atoms with E-state index < -0.39 is 22.5 Å². The number of nitro groups is 1. The SMILES string of the molecule is O=[N+]([O-])c1ccc(F)cc1N1CCCN(c2ccc(C(F)(F)F)cn2)CC1. The molecular formula is C17H16F4N4O2. The molecular weight excluding hydrogens is 368 g/mol. The zero-order valence-corrected chi connectivity index (χ0v) is 14.1. The number of alkyl halides is 3. The smallest absolute Gasteiger partial charge is 0.364 e. The molecule has 3 rings (SSSR count). The number of hydrogen-bond donors (Lipinski definition) is 0. The number of benzene rings is 1. The Bertz CT molecular complexity index is 827. The van der Waals surface area contributed by atoms with Gasteiger partial charge in [-0.2, -0.15) is 13.2 Å². The van der Waals surface area contributed by atoms with Crippen LogP contribution in [0.15, 0.2) is 36.5 Å². The van der Waals surface area contributed by atoms with Gasteiger partial charge in [-0.1, -0.05) is 0 Å². The lowest BCUT2D eigenvalue weighted by Crippen LogP contribution is -2.31. The Labute approximate surface area is 152 Å². The molecule has 0 aliphatic carbocycles. The fourth-order valence-corrected chi connectivity index (χ4v) is 3.03. The van der Waals surface area contributed by atoms with Gasteiger partial charge in [0, 0.05) is 44.5 Å². The van der Waals surface area contributed by atoms with Gasteiger partial charge in [-0.15, -0.1) is 0 Å². The van der Waals surface area contributed by atoms with Crippen molar-refractivity contribution in [2.75, 3.05) is 36.0 Å². The monoisotopic (exact) mass is 384 g/mol. The number of nitrogens with zero attached hydrogens (tertiary/aromatic N) is 4. The first-order valence-corrected chi connectivity index (χ1v) is 8.23. The minimum atomic E-state index is -4.45. The minimum absolute atomic E-state index is 0.183. The first-order chi connectivity index (χ1) is 12.8. The number of nitro benzene ring substituents is 1. The van der Waals surface area contributed by atoms with Crippen molar-refractivity contribution in [3.05, 3.63) is 58.0 Å². The lowest BCUT2D eigenvalue weighted by molar-refractivity contribution is -0.384. The number of pyridine rings is 1. The molecule has 0 atom stereocenters. The molecule has 0 saturated carbocycles. The van der Waals surface area contributed by atoms with Gasteiger partial charge in [0.15, 0.2) is 0 Å². The molecule has 1 aromatic heterocycles. The van der Waals surface area contributed by atoms with E-state index in [0.717, 1.165) is 30.5 Å². The Balaban J connectivity index is 1.77. The third-order valence-corrected chi connectivity index (χ3v) is 4.37. The Morgan fingerprint density at radius 3 is 2.37 bits per heavy atom. The van der Waals surface area contributed by atoms with Gasteiger partial charge in [0.1, 0.15) is 17.3 Å². The van der Waals surface area contributed by atoms with Crippen LogP contribution in [-0.4, -0.2) is 36.1 Å². The lowest BCUT2D eigenvalue weighted by atomic mass is 10.2. The number of hydrogen-bond acceptors (Lipinski definition) is 5. The summed E-state index contributed by atoms with van der Waals surface area (Å²) in [6.45, 7) is 1.73. The van der Waals surface area contributed by atoms with Crippen molar-refractivity contribution in [3.63, 3.8) is 0 Å². The molecule has 0 N–H and O–H groups in total. The number of anilines is 2. The molecule has 6 nitrogen and oxygen atoms in total. The summed E-state index contributed by atoms with van der Waals surface area (Å²) in [5, 5.41) is 11.2. The van der Waals surface area contributed by atoms with Crippen LogP contribution in [0.2, 0.25) is 0 Å². The fraction of sp³-hybridized carbons (Fsp3) is 0.353. The average Bonchev–Trinajstić information content (AvgIpc) is 2.87. The first-order valence-electron chi connectivity index (χ1n) is 8.23. The van der Waals surface area contributed by atoms with E-state index in [1.54, 1.807) is 4.90 Å². The molecule has 2 aromatic rings. The van der Waals surface area contributed by atoms with Gasteiger partial charge < -0.3 is 9.80 Å². The molecule has 27 heavy (non-hydrogen) atoms. The molecule has 2 heterocycles. The highest BCUT2D eigenvalue weighted by atomic mass is 19.4. The maximum atomic E-state index is 13.6. The van der Waals surface area contributed by atoms with Crippen molar-refractivity contribution in [1.82, 2.24) is 4.98 Å². The summed E-state index contributed by atoms with van der Waals surface area (Å²) in [4.78, 5) is 18.1. The minimum Gasteiger partial charge on any atom is -0.364 e. The molecule has 1 aromatic carbocycles. The van der Waals surface area contributed by atoms with Crippen molar-refractivity contribution < 1.29 is 22.5 Å². The highest BCUT2D eigenvalue weighted by Gasteiger charge is 2.31. The van der Waals surface area contributed by atoms with E-state index in [2.05, 4.69) is 4.98 Å². The third-order valence-electron chi connectivity index (χ3n) is 4.37. The summed E-state index contributed by atoms with van der Waals surface area (Å²) in [7, 11) is 0. The molecule has 1 aliphatic rings. The molecule has 144 valence electrons. The third kappa shape index (κ3) is 4.26. The molecule has 0 radical (unpaired) electrons. The van der Waals surface area contributed by atoms with Gasteiger partial charge in [-0.3, -0.25) is 10.1 Å². The van der Waals surface area contributed by atoms with E-state index in [0.29, 0.717) is 38.4 Å². The van der Waals surface area contributed by atoms with Gasteiger partial charge >= 0.3 is 6.18 Å². The summed E-state index contributed by atoms with van der Waals surface area (Å²) in [6, 6.07) is 5.58. The zero-order chi connectivity index (χ0) is 19.6. The van der Waals surface area contributed by atoms with Crippen molar-refractivity contribution in [2.45, 2.75) is 12.6 Å². The van der Waals surface area contributed by atoms with Crippen LogP contribution in [0.4, 0.5) is 34.8 Å². The predicted molar refractivity (Wildman–Crippen MR) is 91.3 cm³/mol. The Morgan fingerprint density at radius 2 is 1.74 bits per heavy atom. The van der Waals surface area contributed by atoms with Crippen molar-refractivity contribution in [1.29, 1.82) is 0 Å². The Hall–Kier alpha value is -2.91. The van der Waals surface area contributed by atoms with E-state index in [9.17, 15) is 27.7 Å². The van der Waals surface area contributed by atoms with Crippen LogP contribution >= 0.6 is 0 Å². The highest BCUT2D eigenvalue weighted by Crippen LogP contribution is 2.31. The summed E-state index contributed by atoms with van der Waals surface area (Å²) in [6.07, 6.45) is -3.07. The van der Waals surface area contributed by atoms with Crippen molar-refractivity contribution in [3.8, 4) is 0 Å². The number of aromatic nitrogens is 1. The van der Waals surface area contributed by atoms with Crippen LogP contribution in [0.5, 0.6) is 0 Å². The van der Waals surface area contributed by atoms with Crippen LogP contribution in [-0.2, 0) is 6.18 Å². The number of halogens is 4. The Kier molecular flexibility index (Phi) is 5.15. The van der Waals surface area contributed by atoms with E-state index in [-0.39, 0.29) is 11.4 Å².